The molecule has 1 saturated heterocycles. The van der Waals surface area contributed by atoms with E-state index < -0.39 is 23.9 Å². The fraction of sp³-hybridized carbons (Fsp3) is 0.706. The summed E-state index contributed by atoms with van der Waals surface area (Å²) in [5, 5.41) is 10.7. The van der Waals surface area contributed by atoms with Crippen LogP contribution >= 0.6 is 0 Å². The molecule has 0 radical (unpaired) electrons. The van der Waals surface area contributed by atoms with Crippen molar-refractivity contribution >= 4 is 11.7 Å². The minimum atomic E-state index is -4.30. The first kappa shape index (κ1) is 17.9. The molecule has 2 aliphatic rings. The molecule has 2 heterocycles. The van der Waals surface area contributed by atoms with E-state index in [0.29, 0.717) is 25.8 Å². The van der Waals surface area contributed by atoms with E-state index in [-0.39, 0.29) is 12.5 Å². The van der Waals surface area contributed by atoms with Crippen molar-refractivity contribution in [3.63, 3.8) is 0 Å². The SMILES string of the molecule is O=C(NCC1CCCN1c1cccnn1)[C@@H]1CCCC[C@H]1C(F)(F)F. The van der Waals surface area contributed by atoms with Crippen LogP contribution in [0.5, 0.6) is 0 Å². The predicted octanol–water partition coefficient (Wildman–Crippen LogP) is 2.93. The van der Waals surface area contributed by atoms with Crippen LogP contribution in [-0.4, -0.2) is 41.4 Å². The Morgan fingerprint density at radius 3 is 2.76 bits per heavy atom. The van der Waals surface area contributed by atoms with Crippen molar-refractivity contribution in [2.75, 3.05) is 18.0 Å². The Labute approximate surface area is 145 Å². The quantitative estimate of drug-likeness (QED) is 0.901. The first-order valence-electron chi connectivity index (χ1n) is 8.85. The summed E-state index contributed by atoms with van der Waals surface area (Å²) in [6, 6.07) is 3.70. The Morgan fingerprint density at radius 2 is 2.04 bits per heavy atom. The molecule has 1 aromatic heterocycles. The van der Waals surface area contributed by atoms with Crippen molar-refractivity contribution in [2.45, 2.75) is 50.7 Å². The molecular weight excluding hydrogens is 333 g/mol. The third-order valence-corrected chi connectivity index (χ3v) is 5.26. The highest BCUT2D eigenvalue weighted by molar-refractivity contribution is 5.79. The number of nitrogens with one attached hydrogen (secondary N) is 1. The van der Waals surface area contributed by atoms with Crippen molar-refractivity contribution in [2.24, 2.45) is 11.8 Å². The van der Waals surface area contributed by atoms with Gasteiger partial charge in [0.25, 0.3) is 0 Å². The van der Waals surface area contributed by atoms with E-state index in [0.717, 1.165) is 25.2 Å². The number of amides is 1. The van der Waals surface area contributed by atoms with Crippen molar-refractivity contribution < 1.29 is 18.0 Å². The highest BCUT2D eigenvalue weighted by Crippen LogP contribution is 2.41. The highest BCUT2D eigenvalue weighted by Gasteiger charge is 2.48. The molecule has 1 aliphatic carbocycles. The van der Waals surface area contributed by atoms with E-state index >= 15 is 0 Å². The molecule has 1 saturated carbocycles. The van der Waals surface area contributed by atoms with E-state index in [2.05, 4.69) is 20.4 Å². The van der Waals surface area contributed by atoms with Gasteiger partial charge in [-0.25, -0.2) is 0 Å². The fourth-order valence-corrected chi connectivity index (χ4v) is 3.98. The standard InChI is InChI=1S/C17H23F3N4O/c18-17(19,20)14-7-2-1-6-13(14)16(25)21-11-12-5-4-10-24(12)15-8-3-9-22-23-15/h3,8-9,12-14H,1-2,4-7,10-11H2,(H,21,25)/t12?,13-,14-/m1/s1. The summed E-state index contributed by atoms with van der Waals surface area (Å²) in [6.07, 6.45) is 0.719. The summed E-state index contributed by atoms with van der Waals surface area (Å²) in [6.45, 7) is 1.16. The Kier molecular flexibility index (Phi) is 5.44. The van der Waals surface area contributed by atoms with Crippen LogP contribution in [0, 0.1) is 11.8 Å². The molecule has 0 bridgehead atoms. The molecule has 5 nitrogen and oxygen atoms in total. The zero-order valence-corrected chi connectivity index (χ0v) is 14.0. The molecule has 1 unspecified atom stereocenters. The van der Waals surface area contributed by atoms with Gasteiger partial charge in [0.15, 0.2) is 5.82 Å². The van der Waals surface area contributed by atoms with Gasteiger partial charge in [-0.3, -0.25) is 4.79 Å². The molecule has 25 heavy (non-hydrogen) atoms. The monoisotopic (exact) mass is 356 g/mol. The van der Waals surface area contributed by atoms with E-state index in [1.165, 1.54) is 0 Å². The van der Waals surface area contributed by atoms with E-state index in [4.69, 9.17) is 0 Å². The normalized spacial score (nSPS) is 27.3. The lowest BCUT2D eigenvalue weighted by Crippen LogP contribution is -2.46. The Morgan fingerprint density at radius 1 is 1.24 bits per heavy atom. The number of nitrogens with zero attached hydrogens (tertiary/aromatic N) is 3. The molecule has 1 aliphatic heterocycles. The number of hydrogen-bond acceptors (Lipinski definition) is 4. The van der Waals surface area contributed by atoms with Gasteiger partial charge in [0.2, 0.25) is 5.91 Å². The lowest BCUT2D eigenvalue weighted by atomic mass is 9.78. The molecule has 1 amide bonds. The van der Waals surface area contributed by atoms with Gasteiger partial charge in [-0.05, 0) is 37.8 Å². The third-order valence-electron chi connectivity index (χ3n) is 5.26. The van der Waals surface area contributed by atoms with Crippen LogP contribution in [0.25, 0.3) is 0 Å². The van der Waals surface area contributed by atoms with Crippen molar-refractivity contribution in [1.82, 2.24) is 15.5 Å². The van der Waals surface area contributed by atoms with Gasteiger partial charge in [0.05, 0.1) is 5.92 Å². The van der Waals surface area contributed by atoms with E-state index in [1.807, 2.05) is 6.07 Å². The number of alkyl halides is 3. The predicted molar refractivity (Wildman–Crippen MR) is 86.9 cm³/mol. The second-order valence-corrected chi connectivity index (χ2v) is 6.86. The van der Waals surface area contributed by atoms with Crippen LogP contribution < -0.4 is 10.2 Å². The molecule has 8 heteroatoms. The van der Waals surface area contributed by atoms with Crippen LogP contribution in [0.1, 0.15) is 38.5 Å². The smallest absolute Gasteiger partial charge is 0.354 e. The molecule has 2 fully saturated rings. The summed E-state index contributed by atoms with van der Waals surface area (Å²) in [5.74, 6) is -2.20. The summed E-state index contributed by atoms with van der Waals surface area (Å²) >= 11 is 0. The summed E-state index contributed by atoms with van der Waals surface area (Å²) in [4.78, 5) is 14.5. The highest BCUT2D eigenvalue weighted by atomic mass is 19.4. The molecule has 1 aromatic rings. The maximum atomic E-state index is 13.2. The molecule has 0 aromatic carbocycles. The largest absolute Gasteiger partial charge is 0.392 e. The van der Waals surface area contributed by atoms with Crippen LogP contribution in [0.15, 0.2) is 18.3 Å². The summed E-state index contributed by atoms with van der Waals surface area (Å²) < 4.78 is 39.5. The minimum absolute atomic E-state index is 0.0496. The Bertz CT molecular complexity index is 581. The second kappa shape index (κ2) is 7.58. The number of anilines is 1. The molecule has 3 rings (SSSR count). The van der Waals surface area contributed by atoms with Gasteiger partial charge in [-0.15, -0.1) is 5.10 Å². The maximum Gasteiger partial charge on any atom is 0.392 e. The summed E-state index contributed by atoms with van der Waals surface area (Å²) in [7, 11) is 0. The molecule has 3 atom stereocenters. The van der Waals surface area contributed by atoms with Crippen LogP contribution in [-0.2, 0) is 4.79 Å². The lowest BCUT2D eigenvalue weighted by Gasteiger charge is -2.33. The van der Waals surface area contributed by atoms with Crippen LogP contribution in [0.3, 0.4) is 0 Å². The number of carbonyl (C=O) groups excluding carboxylic acids is 1. The number of rotatable bonds is 4. The van der Waals surface area contributed by atoms with Crippen LogP contribution in [0.4, 0.5) is 19.0 Å². The van der Waals surface area contributed by atoms with Crippen molar-refractivity contribution in [3.05, 3.63) is 18.3 Å². The van der Waals surface area contributed by atoms with Crippen molar-refractivity contribution in [1.29, 1.82) is 0 Å². The van der Waals surface area contributed by atoms with Gasteiger partial charge in [-0.1, -0.05) is 12.8 Å². The Balaban J connectivity index is 1.59. The first-order valence-corrected chi connectivity index (χ1v) is 8.85. The average molecular weight is 356 g/mol. The summed E-state index contributed by atoms with van der Waals surface area (Å²) in [5.41, 5.74) is 0. The molecule has 0 spiro atoms. The number of aromatic nitrogens is 2. The zero-order valence-electron chi connectivity index (χ0n) is 14.0. The number of halogens is 3. The molecular formula is C17H23F3N4O. The maximum absolute atomic E-state index is 13.2. The van der Waals surface area contributed by atoms with Gasteiger partial charge < -0.3 is 10.2 Å². The Hall–Kier alpha value is -1.86. The average Bonchev–Trinajstić information content (AvgIpc) is 3.08. The fourth-order valence-electron chi connectivity index (χ4n) is 3.98. The van der Waals surface area contributed by atoms with Gasteiger partial charge in [0, 0.05) is 31.2 Å². The van der Waals surface area contributed by atoms with Crippen molar-refractivity contribution in [3.8, 4) is 0 Å². The zero-order chi connectivity index (χ0) is 17.9. The van der Waals surface area contributed by atoms with E-state index in [9.17, 15) is 18.0 Å². The second-order valence-electron chi connectivity index (χ2n) is 6.86. The van der Waals surface area contributed by atoms with Gasteiger partial charge in [-0.2, -0.15) is 18.3 Å². The van der Waals surface area contributed by atoms with Gasteiger partial charge >= 0.3 is 6.18 Å². The molecule has 1 N–H and O–H groups in total. The molecule has 138 valence electrons. The van der Waals surface area contributed by atoms with E-state index in [1.54, 1.807) is 12.3 Å². The minimum Gasteiger partial charge on any atom is -0.354 e. The van der Waals surface area contributed by atoms with Crippen LogP contribution in [0.2, 0.25) is 0 Å². The first-order chi connectivity index (χ1) is 12.0. The topological polar surface area (TPSA) is 58.1 Å². The lowest BCUT2D eigenvalue weighted by molar-refractivity contribution is -0.198. The number of carbonyl (C=O) groups is 1. The van der Waals surface area contributed by atoms with Gasteiger partial charge in [0.1, 0.15) is 0 Å². The third kappa shape index (κ3) is 4.22. The number of hydrogen-bond donors (Lipinski definition) is 1.